The fraction of sp³-hybridized carbons (Fsp3) is 0.684. The van der Waals surface area contributed by atoms with E-state index in [9.17, 15) is 0 Å². The van der Waals surface area contributed by atoms with Crippen LogP contribution in [0.4, 0.5) is 5.69 Å². The first kappa shape index (κ1) is 16.4. The molecule has 0 spiro atoms. The largest absolute Gasteiger partial charge is 0.371 e. The SMILES string of the molecule is CCCNC(C)c1ccccc1N1CCC(C(C)(C)C)C1. The van der Waals surface area contributed by atoms with Crippen molar-refractivity contribution in [1.29, 1.82) is 0 Å². The Balaban J connectivity index is 2.14. The highest BCUT2D eigenvalue weighted by Crippen LogP contribution is 2.37. The molecule has 2 unspecified atom stereocenters. The van der Waals surface area contributed by atoms with Crippen molar-refractivity contribution in [2.45, 2.75) is 53.5 Å². The highest BCUT2D eigenvalue weighted by Gasteiger charge is 2.32. The number of para-hydroxylation sites is 1. The highest BCUT2D eigenvalue weighted by atomic mass is 15.2. The lowest BCUT2D eigenvalue weighted by molar-refractivity contribution is 0.263. The predicted octanol–water partition coefficient (Wildman–Crippen LogP) is 4.62. The molecule has 118 valence electrons. The average Bonchev–Trinajstić information content (AvgIpc) is 2.94. The second-order valence-corrected chi connectivity index (χ2v) is 7.53. The first-order valence-electron chi connectivity index (χ1n) is 8.50. The van der Waals surface area contributed by atoms with Crippen LogP contribution in [0.3, 0.4) is 0 Å². The zero-order valence-electron chi connectivity index (χ0n) is 14.4. The van der Waals surface area contributed by atoms with Gasteiger partial charge in [0.15, 0.2) is 0 Å². The van der Waals surface area contributed by atoms with E-state index < -0.39 is 0 Å². The molecule has 0 radical (unpaired) electrons. The lowest BCUT2D eigenvalue weighted by Gasteiger charge is -2.29. The summed E-state index contributed by atoms with van der Waals surface area (Å²) in [5.41, 5.74) is 3.29. The van der Waals surface area contributed by atoms with Gasteiger partial charge in [-0.3, -0.25) is 0 Å². The minimum atomic E-state index is 0.412. The van der Waals surface area contributed by atoms with E-state index in [1.807, 2.05) is 0 Å². The van der Waals surface area contributed by atoms with Crippen LogP contribution in [0.25, 0.3) is 0 Å². The molecule has 0 aliphatic carbocycles. The monoisotopic (exact) mass is 288 g/mol. The van der Waals surface area contributed by atoms with Crippen molar-refractivity contribution in [3.63, 3.8) is 0 Å². The van der Waals surface area contributed by atoms with Gasteiger partial charge in [-0.25, -0.2) is 0 Å². The molecule has 1 N–H and O–H groups in total. The second kappa shape index (κ2) is 6.83. The fourth-order valence-electron chi connectivity index (χ4n) is 3.30. The third kappa shape index (κ3) is 4.00. The Morgan fingerprint density at radius 1 is 1.29 bits per heavy atom. The molecule has 1 aliphatic rings. The van der Waals surface area contributed by atoms with Crippen LogP contribution in [0.5, 0.6) is 0 Å². The van der Waals surface area contributed by atoms with Crippen molar-refractivity contribution in [3.8, 4) is 0 Å². The Kier molecular flexibility index (Phi) is 5.32. The van der Waals surface area contributed by atoms with Crippen LogP contribution in [0.2, 0.25) is 0 Å². The molecule has 0 saturated carbocycles. The average molecular weight is 288 g/mol. The Bertz CT molecular complexity index is 447. The predicted molar refractivity (Wildman–Crippen MR) is 92.9 cm³/mol. The van der Waals surface area contributed by atoms with Gasteiger partial charge in [-0.1, -0.05) is 45.9 Å². The summed E-state index contributed by atoms with van der Waals surface area (Å²) in [7, 11) is 0. The van der Waals surface area contributed by atoms with Crippen molar-refractivity contribution in [1.82, 2.24) is 5.32 Å². The maximum absolute atomic E-state index is 3.63. The Labute approximate surface area is 130 Å². The first-order chi connectivity index (χ1) is 9.93. The molecular formula is C19H32N2. The summed E-state index contributed by atoms with van der Waals surface area (Å²) in [5, 5.41) is 3.63. The van der Waals surface area contributed by atoms with Gasteiger partial charge in [-0.2, -0.15) is 0 Å². The Morgan fingerprint density at radius 2 is 2.00 bits per heavy atom. The summed E-state index contributed by atoms with van der Waals surface area (Å²) in [5.74, 6) is 0.796. The number of rotatable bonds is 5. The maximum atomic E-state index is 3.63. The summed E-state index contributed by atoms with van der Waals surface area (Å²) in [6.07, 6.45) is 2.50. The summed E-state index contributed by atoms with van der Waals surface area (Å²) >= 11 is 0. The molecule has 2 heteroatoms. The van der Waals surface area contributed by atoms with Crippen LogP contribution in [0.15, 0.2) is 24.3 Å². The smallest absolute Gasteiger partial charge is 0.0414 e. The van der Waals surface area contributed by atoms with E-state index in [-0.39, 0.29) is 0 Å². The number of benzene rings is 1. The second-order valence-electron chi connectivity index (χ2n) is 7.53. The molecule has 2 nitrogen and oxygen atoms in total. The fourth-order valence-corrected chi connectivity index (χ4v) is 3.30. The molecular weight excluding hydrogens is 256 g/mol. The van der Waals surface area contributed by atoms with Crippen molar-refractivity contribution in [2.75, 3.05) is 24.5 Å². The van der Waals surface area contributed by atoms with E-state index in [0.717, 1.165) is 12.5 Å². The molecule has 1 saturated heterocycles. The quantitative estimate of drug-likeness (QED) is 0.850. The standard InChI is InChI=1S/C19H32N2/c1-6-12-20-15(2)17-9-7-8-10-18(17)21-13-11-16(14-21)19(3,4)5/h7-10,15-16,20H,6,11-14H2,1-5H3. The van der Waals surface area contributed by atoms with Gasteiger partial charge in [-0.05, 0) is 49.3 Å². The van der Waals surface area contributed by atoms with Crippen LogP contribution < -0.4 is 10.2 Å². The summed E-state index contributed by atoms with van der Waals surface area (Å²) < 4.78 is 0. The van der Waals surface area contributed by atoms with E-state index in [1.165, 1.54) is 37.2 Å². The third-order valence-electron chi connectivity index (χ3n) is 4.86. The minimum absolute atomic E-state index is 0.412. The van der Waals surface area contributed by atoms with Crippen molar-refractivity contribution in [2.24, 2.45) is 11.3 Å². The zero-order valence-corrected chi connectivity index (χ0v) is 14.4. The molecule has 1 aromatic carbocycles. The van der Waals surface area contributed by atoms with E-state index in [0.29, 0.717) is 11.5 Å². The maximum Gasteiger partial charge on any atom is 0.0414 e. The first-order valence-corrected chi connectivity index (χ1v) is 8.50. The van der Waals surface area contributed by atoms with Crippen molar-refractivity contribution >= 4 is 5.69 Å². The third-order valence-corrected chi connectivity index (χ3v) is 4.86. The molecule has 2 rings (SSSR count). The molecule has 1 aliphatic heterocycles. The van der Waals surface area contributed by atoms with Crippen LogP contribution in [0, 0.1) is 11.3 Å². The van der Waals surface area contributed by atoms with Gasteiger partial charge >= 0.3 is 0 Å². The van der Waals surface area contributed by atoms with Gasteiger partial charge in [0.2, 0.25) is 0 Å². The highest BCUT2D eigenvalue weighted by molar-refractivity contribution is 5.55. The molecule has 21 heavy (non-hydrogen) atoms. The van der Waals surface area contributed by atoms with Crippen LogP contribution in [-0.4, -0.2) is 19.6 Å². The molecule has 1 heterocycles. The van der Waals surface area contributed by atoms with Gasteiger partial charge in [0.25, 0.3) is 0 Å². The van der Waals surface area contributed by atoms with Gasteiger partial charge in [0, 0.05) is 24.8 Å². The van der Waals surface area contributed by atoms with Gasteiger partial charge < -0.3 is 10.2 Å². The van der Waals surface area contributed by atoms with E-state index >= 15 is 0 Å². The molecule has 1 fully saturated rings. The Morgan fingerprint density at radius 3 is 2.62 bits per heavy atom. The van der Waals surface area contributed by atoms with E-state index in [2.05, 4.69) is 69.1 Å². The van der Waals surface area contributed by atoms with Crippen LogP contribution >= 0.6 is 0 Å². The molecule has 1 aromatic rings. The summed E-state index contributed by atoms with van der Waals surface area (Å²) in [6.45, 7) is 15.1. The lowest BCUT2D eigenvalue weighted by atomic mass is 9.80. The normalized spacial score (nSPS) is 20.8. The van der Waals surface area contributed by atoms with Gasteiger partial charge in [0.05, 0.1) is 0 Å². The number of hydrogen-bond donors (Lipinski definition) is 1. The minimum Gasteiger partial charge on any atom is -0.371 e. The van der Waals surface area contributed by atoms with Gasteiger partial charge in [-0.15, -0.1) is 0 Å². The number of anilines is 1. The van der Waals surface area contributed by atoms with E-state index in [1.54, 1.807) is 0 Å². The summed E-state index contributed by atoms with van der Waals surface area (Å²) in [4.78, 5) is 2.59. The van der Waals surface area contributed by atoms with Gasteiger partial charge in [0.1, 0.15) is 0 Å². The topological polar surface area (TPSA) is 15.3 Å². The lowest BCUT2D eigenvalue weighted by Crippen LogP contribution is -2.28. The van der Waals surface area contributed by atoms with Crippen LogP contribution in [-0.2, 0) is 0 Å². The molecule has 0 amide bonds. The zero-order chi connectivity index (χ0) is 15.5. The van der Waals surface area contributed by atoms with Crippen LogP contribution in [0.1, 0.15) is 59.1 Å². The molecule has 0 aromatic heterocycles. The summed E-state index contributed by atoms with van der Waals surface area (Å²) in [6, 6.07) is 9.35. The van der Waals surface area contributed by atoms with E-state index in [4.69, 9.17) is 0 Å². The number of nitrogens with one attached hydrogen (secondary N) is 1. The van der Waals surface area contributed by atoms with Crippen molar-refractivity contribution < 1.29 is 0 Å². The van der Waals surface area contributed by atoms with Crippen molar-refractivity contribution in [3.05, 3.63) is 29.8 Å². The number of hydrogen-bond acceptors (Lipinski definition) is 2. The molecule has 0 bridgehead atoms. The Hall–Kier alpha value is -1.02. The molecule has 2 atom stereocenters. The number of nitrogens with zero attached hydrogens (tertiary/aromatic N) is 1.